The minimum absolute atomic E-state index is 0.125. The molecule has 0 aromatic heterocycles. The summed E-state index contributed by atoms with van der Waals surface area (Å²) >= 11 is 0. The van der Waals surface area contributed by atoms with E-state index in [1.165, 1.54) is 76.2 Å². The van der Waals surface area contributed by atoms with E-state index in [-0.39, 0.29) is 5.82 Å². The maximum absolute atomic E-state index is 13.0. The zero-order valence-electron chi connectivity index (χ0n) is 16.6. The highest BCUT2D eigenvalue weighted by Gasteiger charge is 2.21. The molecule has 0 atom stereocenters. The lowest BCUT2D eigenvalue weighted by molar-refractivity contribution is 0.285. The summed E-state index contributed by atoms with van der Waals surface area (Å²) < 4.78 is 13.0. The van der Waals surface area contributed by atoms with E-state index in [0.29, 0.717) is 0 Å². The van der Waals surface area contributed by atoms with Gasteiger partial charge in [-0.15, -0.1) is 0 Å². The molecule has 2 aliphatic carbocycles. The van der Waals surface area contributed by atoms with Gasteiger partial charge in [0.15, 0.2) is 0 Å². The summed E-state index contributed by atoms with van der Waals surface area (Å²) in [5, 5.41) is 0. The van der Waals surface area contributed by atoms with Crippen LogP contribution in [0.1, 0.15) is 83.1 Å². The molecule has 3 rings (SSSR count). The van der Waals surface area contributed by atoms with Crippen LogP contribution in [0, 0.1) is 29.5 Å². The fourth-order valence-corrected chi connectivity index (χ4v) is 5.08. The maximum Gasteiger partial charge on any atom is 0.123 e. The van der Waals surface area contributed by atoms with Gasteiger partial charge in [0.05, 0.1) is 0 Å². The molecule has 26 heavy (non-hydrogen) atoms. The van der Waals surface area contributed by atoms with Gasteiger partial charge in [-0.3, -0.25) is 0 Å². The monoisotopic (exact) mass is 356 g/mol. The van der Waals surface area contributed by atoms with Crippen molar-refractivity contribution in [2.45, 2.75) is 84.0 Å². The third kappa shape index (κ3) is 6.25. The van der Waals surface area contributed by atoms with Gasteiger partial charge in [-0.25, -0.2) is 4.39 Å². The van der Waals surface area contributed by atoms with Crippen molar-refractivity contribution in [1.82, 2.24) is 0 Å². The Hall–Kier alpha value is -1.11. The van der Waals surface area contributed by atoms with Crippen LogP contribution in [0.15, 0.2) is 36.4 Å². The van der Waals surface area contributed by atoms with Crippen LogP contribution in [-0.2, 0) is 6.42 Å². The highest BCUT2D eigenvalue weighted by molar-refractivity contribution is 5.16. The summed E-state index contributed by atoms with van der Waals surface area (Å²) in [5.74, 6) is 3.44. The Morgan fingerprint density at radius 2 is 1.27 bits per heavy atom. The van der Waals surface area contributed by atoms with Crippen molar-refractivity contribution >= 4 is 0 Å². The van der Waals surface area contributed by atoms with Crippen LogP contribution < -0.4 is 0 Å². The molecule has 0 unspecified atom stereocenters. The number of rotatable bonds is 7. The molecule has 2 fully saturated rings. The van der Waals surface area contributed by atoms with Crippen molar-refractivity contribution in [3.63, 3.8) is 0 Å². The second-order valence-corrected chi connectivity index (χ2v) is 8.90. The largest absolute Gasteiger partial charge is 0.207 e. The summed E-state index contributed by atoms with van der Waals surface area (Å²) in [6.45, 7) is 2.32. The van der Waals surface area contributed by atoms with Crippen LogP contribution >= 0.6 is 0 Å². The van der Waals surface area contributed by atoms with Gasteiger partial charge in [0.1, 0.15) is 5.82 Å². The molecular formula is C25H37F. The molecule has 2 saturated carbocycles. The number of hydrogen-bond acceptors (Lipinski definition) is 0. The van der Waals surface area contributed by atoms with Crippen LogP contribution in [0.25, 0.3) is 0 Å². The van der Waals surface area contributed by atoms with Gasteiger partial charge in [-0.2, -0.15) is 0 Å². The van der Waals surface area contributed by atoms with Gasteiger partial charge in [-0.1, -0.05) is 44.1 Å². The Morgan fingerprint density at radius 1 is 0.769 bits per heavy atom. The first kappa shape index (κ1) is 19.6. The molecule has 0 heterocycles. The molecule has 0 amide bonds. The fourth-order valence-electron chi connectivity index (χ4n) is 5.08. The SMILES string of the molecule is CCC[C@H]1CC[C@H](C=C[C@H]2CC[C@H](CCc3ccc(F)cc3)CC2)CC1. The van der Waals surface area contributed by atoms with Gasteiger partial charge in [0.2, 0.25) is 0 Å². The van der Waals surface area contributed by atoms with E-state index in [1.54, 1.807) is 12.1 Å². The molecule has 1 aromatic rings. The molecule has 0 N–H and O–H groups in total. The van der Waals surface area contributed by atoms with Crippen molar-refractivity contribution in [1.29, 1.82) is 0 Å². The second kappa shape index (κ2) is 10.3. The Labute approximate surface area is 160 Å². The van der Waals surface area contributed by atoms with Crippen molar-refractivity contribution in [3.05, 3.63) is 47.8 Å². The average molecular weight is 357 g/mol. The molecule has 144 valence electrons. The lowest BCUT2D eigenvalue weighted by atomic mass is 9.77. The lowest BCUT2D eigenvalue weighted by Gasteiger charge is -2.29. The molecule has 0 aliphatic heterocycles. The maximum atomic E-state index is 13.0. The topological polar surface area (TPSA) is 0 Å². The second-order valence-electron chi connectivity index (χ2n) is 8.90. The molecule has 0 bridgehead atoms. The smallest absolute Gasteiger partial charge is 0.123 e. The molecule has 0 spiro atoms. The van der Waals surface area contributed by atoms with Crippen molar-refractivity contribution < 1.29 is 4.39 Å². The molecule has 1 heteroatoms. The molecule has 0 saturated heterocycles. The Morgan fingerprint density at radius 3 is 1.77 bits per heavy atom. The van der Waals surface area contributed by atoms with Gasteiger partial charge in [-0.05, 0) is 106 Å². The minimum atomic E-state index is -0.125. The average Bonchev–Trinajstić information content (AvgIpc) is 2.68. The lowest BCUT2D eigenvalue weighted by Crippen LogP contribution is -2.15. The van der Waals surface area contributed by atoms with E-state index in [0.717, 1.165) is 30.1 Å². The minimum Gasteiger partial charge on any atom is -0.207 e. The van der Waals surface area contributed by atoms with Crippen LogP contribution in [-0.4, -0.2) is 0 Å². The summed E-state index contributed by atoms with van der Waals surface area (Å²) in [6.07, 6.45) is 21.6. The summed E-state index contributed by atoms with van der Waals surface area (Å²) in [4.78, 5) is 0. The van der Waals surface area contributed by atoms with Crippen LogP contribution in [0.2, 0.25) is 0 Å². The van der Waals surface area contributed by atoms with E-state index in [1.807, 2.05) is 12.1 Å². The molecular weight excluding hydrogens is 319 g/mol. The summed E-state index contributed by atoms with van der Waals surface area (Å²) in [6, 6.07) is 7.07. The third-order valence-electron chi connectivity index (χ3n) is 6.89. The van der Waals surface area contributed by atoms with Gasteiger partial charge >= 0.3 is 0 Å². The van der Waals surface area contributed by atoms with E-state index in [2.05, 4.69) is 19.1 Å². The number of benzene rings is 1. The highest BCUT2D eigenvalue weighted by atomic mass is 19.1. The first-order valence-electron chi connectivity index (χ1n) is 11.2. The van der Waals surface area contributed by atoms with E-state index >= 15 is 0 Å². The van der Waals surface area contributed by atoms with E-state index in [4.69, 9.17) is 0 Å². The molecule has 0 radical (unpaired) electrons. The first-order valence-corrected chi connectivity index (χ1v) is 11.2. The summed E-state index contributed by atoms with van der Waals surface area (Å²) in [7, 11) is 0. The number of aryl methyl sites for hydroxylation is 1. The Balaban J connectivity index is 1.33. The Kier molecular flexibility index (Phi) is 7.77. The third-order valence-corrected chi connectivity index (χ3v) is 6.89. The van der Waals surface area contributed by atoms with E-state index in [9.17, 15) is 4.39 Å². The van der Waals surface area contributed by atoms with Gasteiger partial charge in [0.25, 0.3) is 0 Å². The zero-order valence-corrected chi connectivity index (χ0v) is 16.6. The van der Waals surface area contributed by atoms with Crippen LogP contribution in [0.4, 0.5) is 4.39 Å². The normalized spacial score (nSPS) is 29.9. The van der Waals surface area contributed by atoms with E-state index < -0.39 is 0 Å². The van der Waals surface area contributed by atoms with Gasteiger partial charge in [0, 0.05) is 0 Å². The molecule has 0 nitrogen and oxygen atoms in total. The van der Waals surface area contributed by atoms with Crippen molar-refractivity contribution in [2.24, 2.45) is 23.7 Å². The van der Waals surface area contributed by atoms with Crippen LogP contribution in [0.5, 0.6) is 0 Å². The number of halogens is 1. The van der Waals surface area contributed by atoms with Gasteiger partial charge < -0.3 is 0 Å². The first-order chi connectivity index (χ1) is 12.7. The van der Waals surface area contributed by atoms with Crippen molar-refractivity contribution in [2.75, 3.05) is 0 Å². The predicted molar refractivity (Wildman–Crippen MR) is 110 cm³/mol. The quantitative estimate of drug-likeness (QED) is 0.438. The predicted octanol–water partition coefficient (Wildman–Crippen LogP) is 7.73. The number of allylic oxidation sites excluding steroid dienone is 2. The Bertz CT molecular complexity index is 528. The zero-order chi connectivity index (χ0) is 18.2. The standard InChI is InChI=1S/C25H37F/c1-2-3-20-4-6-21(7-5-20)8-9-22-10-12-23(13-11-22)14-15-24-16-18-25(26)19-17-24/h8-9,16-23H,2-7,10-15H2,1H3/t20-,21-,22-,23-. The number of hydrogen-bond donors (Lipinski definition) is 0. The summed E-state index contributed by atoms with van der Waals surface area (Å²) in [5.41, 5.74) is 1.28. The fraction of sp³-hybridized carbons (Fsp3) is 0.680. The van der Waals surface area contributed by atoms with Crippen molar-refractivity contribution in [3.8, 4) is 0 Å². The van der Waals surface area contributed by atoms with Crippen LogP contribution in [0.3, 0.4) is 0 Å². The highest BCUT2D eigenvalue weighted by Crippen LogP contribution is 2.35. The molecule has 1 aromatic carbocycles. The molecule has 2 aliphatic rings.